The monoisotopic (exact) mass is 714 g/mol. The van der Waals surface area contributed by atoms with Crippen LogP contribution in [0.4, 0.5) is 14.7 Å². The summed E-state index contributed by atoms with van der Waals surface area (Å²) in [6, 6.07) is 18.6. The largest absolute Gasteiger partial charge is 0.497 e. The highest BCUT2D eigenvalue weighted by atomic mass is 32.1. The van der Waals surface area contributed by atoms with Crippen LogP contribution >= 0.6 is 11.3 Å². The van der Waals surface area contributed by atoms with E-state index < -0.39 is 18.3 Å². The summed E-state index contributed by atoms with van der Waals surface area (Å²) in [5, 5.41) is 6.79. The van der Waals surface area contributed by atoms with Crippen LogP contribution in [-0.4, -0.2) is 106 Å². The lowest BCUT2D eigenvalue weighted by Crippen LogP contribution is -2.66. The number of aromatic nitrogens is 1. The second kappa shape index (κ2) is 14.8. The predicted octanol–water partition coefficient (Wildman–Crippen LogP) is 3.91. The van der Waals surface area contributed by atoms with E-state index in [2.05, 4.69) is 10.3 Å². The number of thiazole rings is 1. The Morgan fingerprint density at radius 2 is 1.71 bits per heavy atom. The maximum atomic E-state index is 14.4. The van der Waals surface area contributed by atoms with Gasteiger partial charge in [-0.2, -0.15) is 5.01 Å². The highest BCUT2D eigenvalue weighted by Gasteiger charge is 2.52. The Morgan fingerprint density at radius 1 is 1.02 bits per heavy atom. The lowest BCUT2D eigenvalue weighted by molar-refractivity contribution is -0.158. The molecule has 0 bridgehead atoms. The van der Waals surface area contributed by atoms with E-state index in [0.29, 0.717) is 16.6 Å². The zero-order chi connectivity index (χ0) is 36.4. The molecule has 3 heterocycles. The van der Waals surface area contributed by atoms with Crippen molar-refractivity contribution in [2.75, 3.05) is 40.0 Å². The minimum absolute atomic E-state index is 0.0753. The Kier molecular flexibility index (Phi) is 10.3. The number of amides is 5. The number of nitrogen functional groups attached to an aromatic ring is 1. The minimum Gasteiger partial charge on any atom is -0.497 e. The van der Waals surface area contributed by atoms with E-state index in [1.165, 1.54) is 16.2 Å². The molecule has 0 spiro atoms. The quantitative estimate of drug-likeness (QED) is 0.249. The fourth-order valence-electron chi connectivity index (χ4n) is 6.48. The molecule has 0 aliphatic carbocycles. The van der Waals surface area contributed by atoms with Crippen molar-refractivity contribution >= 4 is 50.6 Å². The van der Waals surface area contributed by atoms with Gasteiger partial charge < -0.3 is 35.2 Å². The number of anilines is 1. The summed E-state index contributed by atoms with van der Waals surface area (Å²) in [6.45, 7) is 4.39. The summed E-state index contributed by atoms with van der Waals surface area (Å²) in [6.07, 6.45) is -0.910. The van der Waals surface area contributed by atoms with Crippen molar-refractivity contribution in [2.24, 2.45) is 0 Å². The van der Waals surface area contributed by atoms with Gasteiger partial charge in [-0.15, -0.1) is 0 Å². The molecular formula is C36H42N8O6S. The van der Waals surface area contributed by atoms with Crippen LogP contribution in [0, 0.1) is 0 Å². The number of methoxy groups -OCH3 is 1. The molecular weight excluding hydrogens is 673 g/mol. The minimum atomic E-state index is -0.854. The number of benzene rings is 3. The van der Waals surface area contributed by atoms with Crippen LogP contribution in [0.2, 0.25) is 0 Å². The van der Waals surface area contributed by atoms with E-state index >= 15 is 0 Å². The van der Waals surface area contributed by atoms with E-state index in [-0.39, 0.29) is 56.5 Å². The summed E-state index contributed by atoms with van der Waals surface area (Å²) < 4.78 is 11.5. The maximum Gasteiger partial charge on any atom is 0.414 e. The zero-order valence-electron chi connectivity index (χ0n) is 29.2. The SMILES string of the molecule is COc1ccc(CNC(=O)N(C(C)C)N2CC(=O)N3[C@@H](Cc4ccc(OC(=O)N(C)C)cc4)C(=O)N(Cc4cccc5sc(N)nc45)C[C@@H]32)cc1. The number of fused-ring (bicyclic) bond motifs is 2. The predicted molar refractivity (Wildman–Crippen MR) is 193 cm³/mol. The van der Waals surface area contributed by atoms with Crippen molar-refractivity contribution in [3.05, 3.63) is 83.4 Å². The fraction of sp³-hybridized carbons (Fsp3) is 0.361. The Balaban J connectivity index is 1.29. The number of ether oxygens (including phenoxy) is 2. The van der Waals surface area contributed by atoms with E-state index in [0.717, 1.165) is 26.9 Å². The first-order chi connectivity index (χ1) is 24.4. The molecule has 2 saturated heterocycles. The lowest BCUT2D eigenvalue weighted by Gasteiger charge is -2.47. The topological polar surface area (TPSA) is 154 Å². The number of carbonyl (C=O) groups excluding carboxylic acids is 4. The molecule has 51 heavy (non-hydrogen) atoms. The molecule has 2 atom stereocenters. The van der Waals surface area contributed by atoms with Crippen molar-refractivity contribution in [2.45, 2.75) is 51.6 Å². The van der Waals surface area contributed by atoms with Gasteiger partial charge in [0, 0.05) is 39.6 Å². The Bertz CT molecular complexity index is 1920. The summed E-state index contributed by atoms with van der Waals surface area (Å²) in [5.41, 5.74) is 9.28. The molecule has 2 aliphatic rings. The van der Waals surface area contributed by atoms with Crippen LogP contribution in [0.3, 0.4) is 0 Å². The van der Waals surface area contributed by atoms with Gasteiger partial charge in [-0.3, -0.25) is 14.6 Å². The number of para-hydroxylation sites is 1. The first-order valence-electron chi connectivity index (χ1n) is 16.6. The maximum absolute atomic E-state index is 14.4. The number of hydrogen-bond acceptors (Lipinski definition) is 10. The molecule has 15 heteroatoms. The first kappa shape index (κ1) is 35.4. The Morgan fingerprint density at radius 3 is 2.37 bits per heavy atom. The highest BCUT2D eigenvalue weighted by Crippen LogP contribution is 2.33. The van der Waals surface area contributed by atoms with Crippen molar-refractivity contribution < 1.29 is 28.7 Å². The van der Waals surface area contributed by atoms with E-state index in [1.54, 1.807) is 65.3 Å². The van der Waals surface area contributed by atoms with Crippen LogP contribution in [0.25, 0.3) is 10.2 Å². The molecule has 2 fully saturated rings. The molecule has 4 aromatic rings. The number of nitrogens with one attached hydrogen (secondary N) is 1. The number of nitrogens with zero attached hydrogens (tertiary/aromatic N) is 6. The van der Waals surface area contributed by atoms with Gasteiger partial charge in [-0.25, -0.2) is 14.6 Å². The fourth-order valence-corrected chi connectivity index (χ4v) is 7.26. The van der Waals surface area contributed by atoms with Crippen LogP contribution in [0.15, 0.2) is 66.7 Å². The Labute approximate surface area is 300 Å². The third-order valence-corrected chi connectivity index (χ3v) is 9.80. The van der Waals surface area contributed by atoms with Crippen molar-refractivity contribution in [1.82, 2.24) is 35.0 Å². The van der Waals surface area contributed by atoms with Crippen LogP contribution in [-0.2, 0) is 29.1 Å². The molecule has 268 valence electrons. The second-order valence-electron chi connectivity index (χ2n) is 13.0. The number of piperazine rings is 1. The van der Waals surface area contributed by atoms with E-state index in [9.17, 15) is 19.2 Å². The molecule has 0 unspecified atom stereocenters. The van der Waals surface area contributed by atoms with Gasteiger partial charge in [0.1, 0.15) is 23.7 Å². The highest BCUT2D eigenvalue weighted by molar-refractivity contribution is 7.22. The van der Waals surface area contributed by atoms with E-state index in [1.807, 2.05) is 56.3 Å². The molecule has 0 radical (unpaired) electrons. The van der Waals surface area contributed by atoms with Gasteiger partial charge in [0.2, 0.25) is 11.8 Å². The molecule has 6 rings (SSSR count). The number of hydrogen-bond donors (Lipinski definition) is 2. The second-order valence-corrected chi connectivity index (χ2v) is 14.0. The zero-order valence-corrected chi connectivity index (χ0v) is 30.1. The van der Waals surface area contributed by atoms with Gasteiger partial charge in [-0.1, -0.05) is 47.7 Å². The Hall–Kier alpha value is -5.41. The first-order valence-corrected chi connectivity index (χ1v) is 17.4. The summed E-state index contributed by atoms with van der Waals surface area (Å²) in [5.74, 6) is 0.607. The van der Waals surface area contributed by atoms with Gasteiger partial charge in [0.05, 0.1) is 30.4 Å². The number of carbonyl (C=O) groups is 4. The standard InChI is InChI=1S/C36H42N8O6S/c1-22(2)44(35(47)38-18-24-11-13-26(49-5)14-12-24)42-21-31(45)43-28(17-23-9-15-27(16-10-23)50-36(48)40(3)4)33(46)41(20-30(42)43)19-25-7-6-8-29-32(25)39-34(37)51-29/h6-16,22,28,30H,17-21H2,1-5H3,(H2,37,39)(H,38,47)/t28-,30+/m0/s1. The summed E-state index contributed by atoms with van der Waals surface area (Å²) in [7, 11) is 4.79. The number of hydrazine groups is 1. The molecule has 14 nitrogen and oxygen atoms in total. The average molecular weight is 715 g/mol. The number of nitrogens with two attached hydrogens (primary N) is 1. The van der Waals surface area contributed by atoms with Gasteiger partial charge in [0.15, 0.2) is 5.13 Å². The van der Waals surface area contributed by atoms with Crippen molar-refractivity contribution in [3.63, 3.8) is 0 Å². The number of rotatable bonds is 10. The molecule has 5 amide bonds. The summed E-state index contributed by atoms with van der Waals surface area (Å²) >= 11 is 1.38. The van der Waals surface area contributed by atoms with Gasteiger partial charge in [0.25, 0.3) is 0 Å². The number of urea groups is 1. The molecule has 0 saturated carbocycles. The third-order valence-electron chi connectivity index (χ3n) is 8.95. The smallest absolute Gasteiger partial charge is 0.414 e. The summed E-state index contributed by atoms with van der Waals surface area (Å²) in [4.78, 5) is 63.4. The molecule has 1 aromatic heterocycles. The molecule has 3 aromatic carbocycles. The lowest BCUT2D eigenvalue weighted by atomic mass is 9.99. The van der Waals surface area contributed by atoms with Gasteiger partial charge >= 0.3 is 12.1 Å². The third kappa shape index (κ3) is 7.54. The van der Waals surface area contributed by atoms with Crippen molar-refractivity contribution in [3.8, 4) is 11.5 Å². The normalized spacial score (nSPS) is 17.5. The molecule has 3 N–H and O–H groups in total. The van der Waals surface area contributed by atoms with Crippen LogP contribution in [0.1, 0.15) is 30.5 Å². The van der Waals surface area contributed by atoms with Crippen LogP contribution in [0.5, 0.6) is 11.5 Å². The van der Waals surface area contributed by atoms with Gasteiger partial charge in [-0.05, 0) is 60.9 Å². The molecule has 2 aliphatic heterocycles. The average Bonchev–Trinajstić information content (AvgIpc) is 3.65. The van der Waals surface area contributed by atoms with Crippen LogP contribution < -0.4 is 20.5 Å². The van der Waals surface area contributed by atoms with Crippen molar-refractivity contribution in [1.29, 1.82) is 0 Å². The van der Waals surface area contributed by atoms with E-state index in [4.69, 9.17) is 15.2 Å².